The summed E-state index contributed by atoms with van der Waals surface area (Å²) in [5, 5.41) is 5.62. The molecule has 0 aliphatic carbocycles. The van der Waals surface area contributed by atoms with E-state index in [1.54, 1.807) is 44.8 Å². The molecule has 64 heavy (non-hydrogen) atoms. The number of aryl methyl sites for hydroxylation is 5. The number of nitrogen functional groups attached to an aromatic ring is 1. The minimum absolute atomic E-state index is 0.0537. The molecule has 6 aromatic rings. The van der Waals surface area contributed by atoms with E-state index >= 15 is 0 Å². The number of anilines is 3. The lowest BCUT2D eigenvalue weighted by Gasteiger charge is -2.23. The second kappa shape index (κ2) is 20.6. The summed E-state index contributed by atoms with van der Waals surface area (Å²) in [5.74, 6) is 0.673. The van der Waals surface area contributed by atoms with Gasteiger partial charge in [-0.3, -0.25) is 19.2 Å². The van der Waals surface area contributed by atoms with Crippen LogP contribution in [0.3, 0.4) is 0 Å². The predicted octanol–water partition coefficient (Wildman–Crippen LogP) is 8.15. The van der Waals surface area contributed by atoms with E-state index < -0.39 is 0 Å². The van der Waals surface area contributed by atoms with Gasteiger partial charge in [-0.1, -0.05) is 92.0 Å². The van der Waals surface area contributed by atoms with Crippen LogP contribution in [0.2, 0.25) is 0 Å². The van der Waals surface area contributed by atoms with Crippen molar-refractivity contribution in [3.05, 3.63) is 114 Å². The van der Waals surface area contributed by atoms with E-state index in [2.05, 4.69) is 48.3 Å². The molecule has 2 atom stereocenters. The fourth-order valence-corrected chi connectivity index (χ4v) is 7.87. The van der Waals surface area contributed by atoms with Crippen LogP contribution >= 0.6 is 0 Å². The molecule has 340 valence electrons. The molecular formula is C47H59N9O4S4. The van der Waals surface area contributed by atoms with E-state index in [1.807, 2.05) is 107 Å². The number of nitrogens with one attached hydrogen (secondary N) is 2. The molecule has 2 aromatic carbocycles. The van der Waals surface area contributed by atoms with Crippen molar-refractivity contribution in [2.24, 2.45) is 28.2 Å². The number of imidazole rings is 2. The second-order valence-corrected chi connectivity index (χ2v) is 24.3. The zero-order chi connectivity index (χ0) is 47.3. The van der Waals surface area contributed by atoms with Crippen molar-refractivity contribution >= 4 is 82.0 Å². The van der Waals surface area contributed by atoms with Crippen LogP contribution in [0.4, 0.5) is 17.3 Å². The zero-order valence-corrected chi connectivity index (χ0v) is 41.7. The Labute approximate surface area is 390 Å². The average molecular weight is 942 g/mol. The summed E-state index contributed by atoms with van der Waals surface area (Å²) in [6, 6.07) is 19.3. The number of rotatable bonds is 16. The van der Waals surface area contributed by atoms with Gasteiger partial charge in [0.1, 0.15) is 11.4 Å². The van der Waals surface area contributed by atoms with Crippen LogP contribution in [-0.4, -0.2) is 73.6 Å². The van der Waals surface area contributed by atoms with Gasteiger partial charge < -0.3 is 34.6 Å². The molecule has 0 saturated heterocycles. The maximum atomic E-state index is 12.9. The molecule has 0 saturated carbocycles. The van der Waals surface area contributed by atoms with Crippen molar-refractivity contribution in [3.8, 4) is 22.3 Å². The molecule has 4 N–H and O–H groups in total. The van der Waals surface area contributed by atoms with Crippen LogP contribution in [0.15, 0.2) is 85.5 Å². The number of amides is 2. The number of Topliss-reactive ketones (excluding diaryl/α,β-unsaturated/α-hetero) is 2. The third-order valence-electron chi connectivity index (χ3n) is 11.3. The van der Waals surface area contributed by atoms with E-state index in [-0.39, 0.29) is 51.8 Å². The fourth-order valence-electron chi connectivity index (χ4n) is 6.59. The van der Waals surface area contributed by atoms with Crippen LogP contribution in [-0.2, 0) is 69.5 Å². The van der Waals surface area contributed by atoms with Crippen LogP contribution in [0.25, 0.3) is 22.3 Å². The lowest BCUT2D eigenvalue weighted by Crippen LogP contribution is -2.26. The largest absolute Gasteiger partial charge is 0.399 e. The Kier molecular flexibility index (Phi) is 16.0. The van der Waals surface area contributed by atoms with Gasteiger partial charge in [-0.15, -0.1) is 18.9 Å². The number of ketones is 2. The Morgan fingerprint density at radius 2 is 0.953 bits per heavy atom. The molecule has 0 bridgehead atoms. The number of hydrogen-bond donors (Lipinski definition) is 3. The van der Waals surface area contributed by atoms with Crippen LogP contribution < -0.4 is 16.4 Å². The highest BCUT2D eigenvalue weighted by atomic mass is 32.8. The number of carbonyl (C=O) groups excluding carboxylic acids is 4. The van der Waals surface area contributed by atoms with E-state index in [9.17, 15) is 19.2 Å². The van der Waals surface area contributed by atoms with Crippen molar-refractivity contribution in [3.63, 3.8) is 0 Å². The molecule has 0 aliphatic heterocycles. The smallest absolute Gasteiger partial charge is 0.273 e. The Balaban J connectivity index is 0.000000241. The van der Waals surface area contributed by atoms with Gasteiger partial charge in [0.15, 0.2) is 34.9 Å². The molecule has 0 aliphatic rings. The van der Waals surface area contributed by atoms with Crippen molar-refractivity contribution in [1.29, 1.82) is 0 Å². The Morgan fingerprint density at radius 1 is 0.594 bits per heavy atom. The Hall–Kier alpha value is -5.36. The first-order valence-electron chi connectivity index (χ1n) is 20.6. The molecule has 4 heterocycles. The molecule has 17 heteroatoms. The van der Waals surface area contributed by atoms with Crippen LogP contribution in [0.1, 0.15) is 101 Å². The summed E-state index contributed by atoms with van der Waals surface area (Å²) in [4.78, 5) is 59.9. The molecule has 4 aromatic heterocycles. The van der Waals surface area contributed by atoms with Crippen molar-refractivity contribution < 1.29 is 19.2 Å². The van der Waals surface area contributed by atoms with Crippen molar-refractivity contribution in [1.82, 2.24) is 28.2 Å². The van der Waals surface area contributed by atoms with Gasteiger partial charge in [0.25, 0.3) is 11.8 Å². The van der Waals surface area contributed by atoms with E-state index in [1.165, 1.54) is 5.56 Å². The third-order valence-corrected chi connectivity index (χ3v) is 17.5. The second-order valence-electron chi connectivity index (χ2n) is 17.2. The number of carbonyl (C=O) groups is 4. The molecule has 2 amide bonds. The molecule has 13 nitrogen and oxygen atoms in total. The summed E-state index contributed by atoms with van der Waals surface area (Å²) >= 11 is 10.8. The maximum Gasteiger partial charge on any atom is 0.273 e. The normalized spacial score (nSPS) is 12.5. The average Bonchev–Trinajstić information content (AvgIpc) is 4.01. The molecule has 0 radical (unpaired) electrons. The highest BCUT2D eigenvalue weighted by molar-refractivity contribution is 8.29. The molecular weight excluding hydrogens is 883 g/mol. The number of nitrogens with zero attached hydrogens (tertiary/aromatic N) is 6. The summed E-state index contributed by atoms with van der Waals surface area (Å²) in [5.41, 5.74) is 12.5. The summed E-state index contributed by atoms with van der Waals surface area (Å²) in [6.45, 7) is 10.4. The van der Waals surface area contributed by atoms with Crippen molar-refractivity contribution in [2.75, 3.05) is 28.9 Å². The van der Waals surface area contributed by atoms with Gasteiger partial charge >= 0.3 is 0 Å². The first-order chi connectivity index (χ1) is 29.9. The highest BCUT2D eigenvalue weighted by Gasteiger charge is 2.25. The monoisotopic (exact) mass is 941 g/mol. The highest BCUT2D eigenvalue weighted by Crippen LogP contribution is 2.26. The van der Waals surface area contributed by atoms with Gasteiger partial charge in [-0.25, -0.2) is 9.97 Å². The molecule has 6 rings (SSSR count). The third kappa shape index (κ3) is 12.5. The van der Waals surface area contributed by atoms with Gasteiger partial charge in [-0.2, -0.15) is 0 Å². The first kappa shape index (κ1) is 49.7. The van der Waals surface area contributed by atoms with Gasteiger partial charge in [0, 0.05) is 92.1 Å². The standard InChI is InChI=1S/C24H30N4O2S2.C23H29N5O2S2/c1-16-7-9-17(10-8-16)18-13-19(27(4)14-18)23(30)26-21-15-28(5)22(25-21)20(29)11-12-24(2,3)32(6)31;1-23(2,32(5)31)11-10-19(29)21-25-20(14-28(21)4)26-22(30)18-12-16(13-27(18)3)15-6-8-17(24)9-7-15/h7-10,13-15H,11-12H2,1-6H3,(H,26,30);6-9,12-14H,10-11,24H2,1-5H3,(H,26,30). The maximum absolute atomic E-state index is 12.9. The quantitative estimate of drug-likeness (QED) is 0.0642. The minimum Gasteiger partial charge on any atom is -0.399 e. The molecule has 0 spiro atoms. The summed E-state index contributed by atoms with van der Waals surface area (Å²) in [6.07, 6.45) is 13.3. The van der Waals surface area contributed by atoms with Gasteiger partial charge in [0.2, 0.25) is 0 Å². The number of nitrogens with two attached hydrogens (primary N) is 1. The number of benzene rings is 2. The van der Waals surface area contributed by atoms with Crippen LogP contribution in [0.5, 0.6) is 0 Å². The number of hydrogen-bond acceptors (Lipinski definition) is 9. The number of aromatic nitrogens is 6. The summed E-state index contributed by atoms with van der Waals surface area (Å²) in [7, 11) is 6.75. The topological polar surface area (TPSA) is 164 Å². The molecule has 0 fully saturated rings. The Bertz CT molecular complexity index is 2540. The van der Waals surface area contributed by atoms with Crippen molar-refractivity contribution in [2.45, 2.75) is 69.8 Å². The van der Waals surface area contributed by atoms with Gasteiger partial charge in [-0.05, 0) is 67.7 Å². The van der Waals surface area contributed by atoms with E-state index in [4.69, 9.17) is 28.1 Å². The fraction of sp³-hybridized carbons (Fsp3) is 0.362. The van der Waals surface area contributed by atoms with E-state index in [0.717, 1.165) is 22.3 Å². The Morgan fingerprint density at radius 3 is 1.31 bits per heavy atom. The lowest BCUT2D eigenvalue weighted by molar-refractivity contribution is 0.0956. The lowest BCUT2D eigenvalue weighted by atomic mass is 10.0. The predicted molar refractivity (Wildman–Crippen MR) is 270 cm³/mol. The SMILES string of the molecule is Cc1ccc(-c2cc(C(=O)Nc3cn(C)c(C(=O)CCC(C)(C)S(C)=S)n3)n(C)c2)cc1.Cn1cc(-c2ccc(N)cc2)cc1C(=O)Nc1cn(C)c(C(=O)CCC(C)(C)S(C)=S)n1. The molecule has 2 unspecified atom stereocenters. The van der Waals surface area contributed by atoms with E-state index in [0.29, 0.717) is 66.0 Å². The van der Waals surface area contributed by atoms with Gasteiger partial charge in [0.05, 0.1) is 0 Å². The first-order valence-corrected chi connectivity index (χ1v) is 25.8. The minimum atomic E-state index is -0.298. The van der Waals surface area contributed by atoms with Crippen LogP contribution in [0, 0.1) is 6.92 Å². The zero-order valence-electron chi connectivity index (χ0n) is 38.4. The summed E-state index contributed by atoms with van der Waals surface area (Å²) < 4.78 is 6.70.